The van der Waals surface area contributed by atoms with Crippen molar-refractivity contribution < 1.29 is 13.7 Å². The Morgan fingerprint density at radius 2 is 2.38 bits per heavy atom. The number of aromatic nitrogens is 2. The quantitative estimate of drug-likeness (QED) is 0.798. The molecule has 2 aliphatic rings. The van der Waals surface area contributed by atoms with Crippen molar-refractivity contribution in [1.82, 2.24) is 15.5 Å². The van der Waals surface area contributed by atoms with Crippen molar-refractivity contribution >= 4 is 17.0 Å². The number of hydrogen-bond acceptors (Lipinski definition) is 5. The van der Waals surface area contributed by atoms with Gasteiger partial charge < -0.3 is 14.3 Å². The lowest BCUT2D eigenvalue weighted by molar-refractivity contribution is 0.0931. The molecule has 0 aromatic carbocycles. The van der Waals surface area contributed by atoms with Crippen LogP contribution in [0.2, 0.25) is 0 Å². The Bertz CT molecular complexity index is 944. The van der Waals surface area contributed by atoms with E-state index in [9.17, 15) is 4.79 Å². The van der Waals surface area contributed by atoms with Crippen molar-refractivity contribution in [2.45, 2.75) is 38.1 Å². The van der Waals surface area contributed by atoms with Crippen LogP contribution in [0.4, 0.5) is 0 Å². The summed E-state index contributed by atoms with van der Waals surface area (Å²) in [5.41, 5.74) is 2.18. The van der Waals surface area contributed by atoms with Crippen LogP contribution in [0, 0.1) is 12.8 Å². The molecule has 2 saturated carbocycles. The van der Waals surface area contributed by atoms with E-state index in [1.165, 1.54) is 12.8 Å². The van der Waals surface area contributed by atoms with Crippen molar-refractivity contribution in [2.75, 3.05) is 0 Å². The third-order valence-corrected chi connectivity index (χ3v) is 5.41. The van der Waals surface area contributed by atoms with E-state index in [2.05, 4.69) is 15.5 Å². The van der Waals surface area contributed by atoms with Gasteiger partial charge in [-0.05, 0) is 50.3 Å². The average Bonchev–Trinajstić information content (AvgIpc) is 3.05. The summed E-state index contributed by atoms with van der Waals surface area (Å²) < 4.78 is 10.7. The van der Waals surface area contributed by atoms with E-state index in [1.54, 1.807) is 18.4 Å². The molecule has 5 rings (SSSR count). The maximum absolute atomic E-state index is 13.0. The van der Waals surface area contributed by atoms with Crippen LogP contribution in [0.5, 0.6) is 0 Å². The standard InChI is InChI=1S/C18H17N3O3/c1-10-15-12(16(22)20-18-6-2-4-11(18)9-18)8-13(14-5-3-7-23-14)19-17(15)24-21-10/h3,5,7-8,11H,2,4,6,9H2,1H3,(H,20,22)/t11-,18-/m1/s1. The number of furan rings is 1. The van der Waals surface area contributed by atoms with E-state index in [4.69, 9.17) is 8.94 Å². The van der Waals surface area contributed by atoms with Gasteiger partial charge in [0, 0.05) is 5.54 Å². The highest BCUT2D eigenvalue weighted by Crippen LogP contribution is 2.55. The maximum atomic E-state index is 13.0. The van der Waals surface area contributed by atoms with E-state index < -0.39 is 0 Å². The van der Waals surface area contributed by atoms with Gasteiger partial charge in [0.25, 0.3) is 11.6 Å². The molecule has 0 aliphatic heterocycles. The van der Waals surface area contributed by atoms with Crippen LogP contribution < -0.4 is 5.32 Å². The monoisotopic (exact) mass is 323 g/mol. The zero-order chi connectivity index (χ0) is 16.3. The lowest BCUT2D eigenvalue weighted by Crippen LogP contribution is -2.37. The van der Waals surface area contributed by atoms with E-state index in [0.29, 0.717) is 39.7 Å². The smallest absolute Gasteiger partial charge is 0.259 e. The molecule has 6 nitrogen and oxygen atoms in total. The minimum Gasteiger partial charge on any atom is -0.463 e. The molecule has 1 N–H and O–H groups in total. The van der Waals surface area contributed by atoms with Gasteiger partial charge >= 0.3 is 0 Å². The number of carbonyl (C=O) groups excluding carboxylic acids is 1. The van der Waals surface area contributed by atoms with Gasteiger partial charge in [-0.25, -0.2) is 4.98 Å². The van der Waals surface area contributed by atoms with Crippen LogP contribution in [0.3, 0.4) is 0 Å². The van der Waals surface area contributed by atoms with Gasteiger partial charge in [-0.2, -0.15) is 0 Å². The maximum Gasteiger partial charge on any atom is 0.259 e. The molecular formula is C18H17N3O3. The van der Waals surface area contributed by atoms with Gasteiger partial charge in [0.15, 0.2) is 5.76 Å². The highest BCUT2D eigenvalue weighted by Gasteiger charge is 2.57. The molecule has 122 valence electrons. The van der Waals surface area contributed by atoms with Gasteiger partial charge in [-0.3, -0.25) is 4.79 Å². The van der Waals surface area contributed by atoms with Crippen molar-refractivity contribution in [3.05, 3.63) is 35.7 Å². The van der Waals surface area contributed by atoms with Gasteiger partial charge in [0.2, 0.25) is 0 Å². The molecule has 6 heteroatoms. The Kier molecular flexibility index (Phi) is 2.69. The van der Waals surface area contributed by atoms with Crippen LogP contribution in [-0.2, 0) is 0 Å². The number of rotatable bonds is 3. The van der Waals surface area contributed by atoms with Gasteiger partial charge in [0.05, 0.1) is 22.9 Å². The summed E-state index contributed by atoms with van der Waals surface area (Å²) in [4.78, 5) is 17.4. The largest absolute Gasteiger partial charge is 0.463 e. The summed E-state index contributed by atoms with van der Waals surface area (Å²) >= 11 is 0. The fourth-order valence-electron chi connectivity index (χ4n) is 4.06. The van der Waals surface area contributed by atoms with Gasteiger partial charge in [-0.1, -0.05) is 11.6 Å². The fourth-order valence-corrected chi connectivity index (χ4v) is 4.06. The fraction of sp³-hybridized carbons (Fsp3) is 0.389. The molecule has 2 atom stereocenters. The molecule has 2 fully saturated rings. The van der Waals surface area contributed by atoms with E-state index >= 15 is 0 Å². The number of carbonyl (C=O) groups is 1. The first-order valence-electron chi connectivity index (χ1n) is 8.30. The summed E-state index contributed by atoms with van der Waals surface area (Å²) in [6.45, 7) is 1.82. The Balaban J connectivity index is 1.60. The predicted octanol–water partition coefficient (Wildman–Crippen LogP) is 3.46. The number of aryl methyl sites for hydroxylation is 1. The van der Waals surface area contributed by atoms with Crippen LogP contribution in [0.25, 0.3) is 22.6 Å². The lowest BCUT2D eigenvalue weighted by atomic mass is 10.1. The summed E-state index contributed by atoms with van der Waals surface area (Å²) in [5.74, 6) is 1.17. The average molecular weight is 323 g/mol. The van der Waals surface area contributed by atoms with Crippen LogP contribution in [0.15, 0.2) is 33.4 Å². The topological polar surface area (TPSA) is 81.2 Å². The molecule has 3 aromatic heterocycles. The molecule has 0 radical (unpaired) electrons. The van der Waals surface area contributed by atoms with Gasteiger partial charge in [0.1, 0.15) is 5.69 Å². The van der Waals surface area contributed by atoms with Crippen molar-refractivity contribution in [3.8, 4) is 11.5 Å². The predicted molar refractivity (Wildman–Crippen MR) is 86.4 cm³/mol. The number of hydrogen-bond donors (Lipinski definition) is 1. The number of pyridine rings is 1. The minimum atomic E-state index is -0.0779. The zero-order valence-electron chi connectivity index (χ0n) is 13.3. The summed E-state index contributed by atoms with van der Waals surface area (Å²) in [6, 6.07) is 5.37. The van der Waals surface area contributed by atoms with Gasteiger partial charge in [-0.15, -0.1) is 0 Å². The first-order chi connectivity index (χ1) is 11.7. The molecule has 0 saturated heterocycles. The number of fused-ring (bicyclic) bond motifs is 2. The molecule has 1 amide bonds. The Hall–Kier alpha value is -2.63. The molecule has 0 spiro atoms. The Morgan fingerprint density at radius 1 is 1.46 bits per heavy atom. The summed E-state index contributed by atoms with van der Waals surface area (Å²) in [7, 11) is 0. The molecule has 3 heterocycles. The second kappa shape index (κ2) is 4.69. The van der Waals surface area contributed by atoms with Crippen molar-refractivity contribution in [2.24, 2.45) is 5.92 Å². The zero-order valence-corrected chi connectivity index (χ0v) is 13.3. The first-order valence-corrected chi connectivity index (χ1v) is 8.30. The minimum absolute atomic E-state index is 0.0165. The highest BCUT2D eigenvalue weighted by molar-refractivity contribution is 6.07. The van der Waals surface area contributed by atoms with Crippen LogP contribution >= 0.6 is 0 Å². The van der Waals surface area contributed by atoms with Crippen LogP contribution in [0.1, 0.15) is 41.7 Å². The van der Waals surface area contributed by atoms with E-state index in [-0.39, 0.29) is 11.4 Å². The highest BCUT2D eigenvalue weighted by atomic mass is 16.5. The number of nitrogens with one attached hydrogen (secondary N) is 1. The molecular weight excluding hydrogens is 306 g/mol. The first kappa shape index (κ1) is 13.8. The molecule has 0 bridgehead atoms. The number of amides is 1. The normalized spacial score (nSPS) is 25.0. The molecule has 2 aliphatic carbocycles. The summed E-state index contributed by atoms with van der Waals surface area (Å²) in [6.07, 6.45) is 6.17. The summed E-state index contributed by atoms with van der Waals surface area (Å²) in [5, 5.41) is 7.91. The van der Waals surface area contributed by atoms with E-state index in [1.807, 2.05) is 13.0 Å². The second-order valence-electron chi connectivity index (χ2n) is 6.88. The lowest BCUT2D eigenvalue weighted by Gasteiger charge is -2.15. The Labute approximate surface area is 138 Å². The SMILES string of the molecule is Cc1noc2nc(-c3ccco3)cc(C(=O)N[C@@]34CCC[C@@H]3C4)c12. The van der Waals surface area contributed by atoms with E-state index in [0.717, 1.165) is 12.8 Å². The molecule has 3 aromatic rings. The van der Waals surface area contributed by atoms with Crippen LogP contribution in [-0.4, -0.2) is 21.6 Å². The third-order valence-electron chi connectivity index (χ3n) is 5.41. The van der Waals surface area contributed by atoms with Crippen molar-refractivity contribution in [1.29, 1.82) is 0 Å². The Morgan fingerprint density at radius 3 is 3.08 bits per heavy atom. The third kappa shape index (κ3) is 1.92. The molecule has 24 heavy (non-hydrogen) atoms. The van der Waals surface area contributed by atoms with Crippen molar-refractivity contribution in [3.63, 3.8) is 0 Å². The number of nitrogens with zero attached hydrogens (tertiary/aromatic N) is 2. The second-order valence-corrected chi connectivity index (χ2v) is 6.88. The molecule has 0 unspecified atom stereocenters.